The number of pyridine rings is 2. The summed E-state index contributed by atoms with van der Waals surface area (Å²) < 4.78 is 11.2. The van der Waals surface area contributed by atoms with E-state index < -0.39 is 0 Å². The first-order chi connectivity index (χ1) is 13.6. The molecule has 144 valence electrons. The third kappa shape index (κ3) is 3.80. The number of carbonyl (C=O) groups is 1. The fraction of sp³-hybridized carbons (Fsp3) is 0.333. The maximum Gasteiger partial charge on any atom is 0.227 e. The lowest BCUT2D eigenvalue weighted by molar-refractivity contribution is -0.138. The summed E-state index contributed by atoms with van der Waals surface area (Å²) in [7, 11) is 0. The first-order valence-corrected chi connectivity index (χ1v) is 9.30. The third-order valence-corrected chi connectivity index (χ3v) is 4.89. The molecule has 0 spiro atoms. The maximum atomic E-state index is 12.7. The zero-order valence-corrected chi connectivity index (χ0v) is 16.0. The largest absolute Gasteiger partial charge is 0.368 e. The van der Waals surface area contributed by atoms with E-state index in [2.05, 4.69) is 10.1 Å². The van der Waals surface area contributed by atoms with Gasteiger partial charge in [0.2, 0.25) is 5.91 Å². The minimum Gasteiger partial charge on any atom is -0.368 e. The number of amides is 1. The van der Waals surface area contributed by atoms with Gasteiger partial charge in [-0.25, -0.2) is 4.98 Å². The molecule has 0 aromatic carbocycles. The van der Waals surface area contributed by atoms with Gasteiger partial charge >= 0.3 is 0 Å². The van der Waals surface area contributed by atoms with Crippen LogP contribution in [0.3, 0.4) is 0 Å². The summed E-state index contributed by atoms with van der Waals surface area (Å²) in [5, 5.41) is 4.01. The van der Waals surface area contributed by atoms with Gasteiger partial charge in [-0.2, -0.15) is 0 Å². The summed E-state index contributed by atoms with van der Waals surface area (Å²) in [5.41, 5.74) is 4.23. The molecular weight excluding hydrogens is 356 g/mol. The van der Waals surface area contributed by atoms with Gasteiger partial charge in [-0.15, -0.1) is 0 Å². The molecule has 0 saturated carbocycles. The van der Waals surface area contributed by atoms with Crippen molar-refractivity contribution in [2.75, 3.05) is 19.7 Å². The first-order valence-electron chi connectivity index (χ1n) is 9.30. The zero-order chi connectivity index (χ0) is 19.5. The summed E-state index contributed by atoms with van der Waals surface area (Å²) >= 11 is 0. The van der Waals surface area contributed by atoms with Crippen molar-refractivity contribution in [2.24, 2.45) is 0 Å². The lowest BCUT2D eigenvalue weighted by atomic mass is 10.1. The molecule has 3 aromatic rings. The van der Waals surface area contributed by atoms with Crippen LogP contribution >= 0.6 is 0 Å². The Balaban J connectivity index is 1.50. The predicted molar refractivity (Wildman–Crippen MR) is 102 cm³/mol. The smallest absolute Gasteiger partial charge is 0.227 e. The molecule has 7 nitrogen and oxygen atoms in total. The Hall–Kier alpha value is -3.06. The molecule has 0 bridgehead atoms. The van der Waals surface area contributed by atoms with Gasteiger partial charge in [0.05, 0.1) is 42.2 Å². The van der Waals surface area contributed by atoms with Crippen molar-refractivity contribution in [1.82, 2.24) is 20.0 Å². The van der Waals surface area contributed by atoms with Crippen molar-refractivity contribution >= 4 is 5.91 Å². The number of carbonyl (C=O) groups excluding carboxylic acids is 1. The highest BCUT2D eigenvalue weighted by atomic mass is 16.5. The van der Waals surface area contributed by atoms with Crippen molar-refractivity contribution in [3.63, 3.8) is 0 Å². The number of hydrogen-bond acceptors (Lipinski definition) is 6. The van der Waals surface area contributed by atoms with Gasteiger partial charge in [0.25, 0.3) is 0 Å². The molecule has 1 aliphatic rings. The molecule has 1 saturated heterocycles. The minimum absolute atomic E-state index is 0.0724. The molecule has 1 fully saturated rings. The second-order valence-electron chi connectivity index (χ2n) is 6.88. The molecule has 3 aromatic heterocycles. The highest BCUT2D eigenvalue weighted by Gasteiger charge is 2.27. The minimum atomic E-state index is -0.257. The number of hydrogen-bond donors (Lipinski definition) is 0. The monoisotopic (exact) mass is 378 g/mol. The van der Waals surface area contributed by atoms with Crippen LogP contribution in [0.25, 0.3) is 11.3 Å². The van der Waals surface area contributed by atoms with Gasteiger partial charge in [-0.3, -0.25) is 9.78 Å². The Kier molecular flexibility index (Phi) is 5.16. The van der Waals surface area contributed by atoms with E-state index >= 15 is 0 Å². The summed E-state index contributed by atoms with van der Waals surface area (Å²) in [6, 6.07) is 9.57. The van der Waals surface area contributed by atoms with E-state index in [0.29, 0.717) is 26.1 Å². The molecule has 7 heteroatoms. The van der Waals surface area contributed by atoms with E-state index in [-0.39, 0.29) is 12.0 Å². The highest BCUT2D eigenvalue weighted by Crippen LogP contribution is 2.28. The molecule has 0 radical (unpaired) electrons. The fourth-order valence-corrected chi connectivity index (χ4v) is 3.46. The molecule has 0 N–H and O–H groups in total. The van der Waals surface area contributed by atoms with E-state index in [1.54, 1.807) is 12.4 Å². The van der Waals surface area contributed by atoms with Crippen molar-refractivity contribution in [1.29, 1.82) is 0 Å². The summed E-state index contributed by atoms with van der Waals surface area (Å²) in [6.07, 6.45) is 3.51. The number of rotatable bonds is 4. The average Bonchev–Trinajstić information content (AvgIpc) is 3.07. The van der Waals surface area contributed by atoms with E-state index in [1.807, 2.05) is 49.1 Å². The van der Waals surface area contributed by atoms with Crippen molar-refractivity contribution < 1.29 is 14.1 Å². The Bertz CT molecular complexity index is 951. The van der Waals surface area contributed by atoms with Crippen LogP contribution in [0.5, 0.6) is 0 Å². The number of ether oxygens (including phenoxy) is 1. The third-order valence-electron chi connectivity index (χ3n) is 4.89. The summed E-state index contributed by atoms with van der Waals surface area (Å²) in [4.78, 5) is 23.4. The Morgan fingerprint density at radius 3 is 2.89 bits per heavy atom. The second kappa shape index (κ2) is 7.90. The molecule has 1 atom stereocenters. The second-order valence-corrected chi connectivity index (χ2v) is 6.88. The van der Waals surface area contributed by atoms with Gasteiger partial charge in [0.15, 0.2) is 0 Å². The molecular formula is C21H22N4O3. The Morgan fingerprint density at radius 2 is 2.14 bits per heavy atom. The van der Waals surface area contributed by atoms with Crippen molar-refractivity contribution in [3.8, 4) is 11.3 Å². The highest BCUT2D eigenvalue weighted by molar-refractivity contribution is 5.78. The summed E-state index contributed by atoms with van der Waals surface area (Å²) in [5.74, 6) is 0.808. The lowest BCUT2D eigenvalue weighted by Gasteiger charge is -2.33. The SMILES string of the molecule is Cc1noc(C)c1-c1cccc([C@@H]2CN(C(=O)Cc3cccnc3)CCO2)n1. The van der Waals surface area contributed by atoms with Crippen LogP contribution < -0.4 is 0 Å². The van der Waals surface area contributed by atoms with Crippen LogP contribution in [0.4, 0.5) is 0 Å². The van der Waals surface area contributed by atoms with Gasteiger partial charge < -0.3 is 14.2 Å². The average molecular weight is 378 g/mol. The van der Waals surface area contributed by atoms with Gasteiger partial charge in [-0.05, 0) is 37.6 Å². The Labute approximate surface area is 163 Å². The zero-order valence-electron chi connectivity index (χ0n) is 16.0. The van der Waals surface area contributed by atoms with Crippen molar-refractivity contribution in [3.05, 3.63) is 65.4 Å². The number of morpholine rings is 1. The van der Waals surface area contributed by atoms with Crippen LogP contribution in [0, 0.1) is 13.8 Å². The number of aryl methyl sites for hydroxylation is 2. The molecule has 4 rings (SSSR count). The number of nitrogens with zero attached hydrogens (tertiary/aromatic N) is 4. The van der Waals surface area contributed by atoms with Gasteiger partial charge in [-0.1, -0.05) is 17.3 Å². The first kappa shape index (κ1) is 18.3. The number of aromatic nitrogens is 3. The summed E-state index contributed by atoms with van der Waals surface area (Å²) in [6.45, 7) is 5.33. The topological polar surface area (TPSA) is 81.4 Å². The normalized spacial score (nSPS) is 16.9. The molecule has 28 heavy (non-hydrogen) atoms. The predicted octanol–water partition coefficient (Wildman–Crippen LogP) is 2.89. The van der Waals surface area contributed by atoms with Crippen LogP contribution in [0.15, 0.2) is 47.2 Å². The maximum absolute atomic E-state index is 12.7. The standard InChI is InChI=1S/C21H22N4O3/c1-14-21(15(2)28-24-14)18-7-3-6-17(23-18)19-13-25(9-10-27-19)20(26)11-16-5-4-8-22-12-16/h3-8,12,19H,9-11,13H2,1-2H3/t19-/m0/s1. The van der Waals surface area contributed by atoms with Crippen LogP contribution in [0.2, 0.25) is 0 Å². The van der Waals surface area contributed by atoms with Crippen LogP contribution in [-0.2, 0) is 16.0 Å². The molecule has 0 aliphatic carbocycles. The molecule has 1 aliphatic heterocycles. The molecule has 4 heterocycles. The molecule has 1 amide bonds. The van der Waals surface area contributed by atoms with E-state index in [0.717, 1.165) is 34.0 Å². The van der Waals surface area contributed by atoms with E-state index in [9.17, 15) is 4.79 Å². The van der Waals surface area contributed by atoms with Crippen LogP contribution in [0.1, 0.15) is 28.8 Å². The quantitative estimate of drug-likeness (QED) is 0.694. The van der Waals surface area contributed by atoms with Gasteiger partial charge in [0, 0.05) is 18.9 Å². The van der Waals surface area contributed by atoms with Crippen LogP contribution in [-0.4, -0.2) is 45.6 Å². The fourth-order valence-electron chi connectivity index (χ4n) is 3.46. The van der Waals surface area contributed by atoms with E-state index in [4.69, 9.17) is 14.2 Å². The molecule has 0 unspecified atom stereocenters. The Morgan fingerprint density at radius 1 is 1.25 bits per heavy atom. The van der Waals surface area contributed by atoms with Crippen molar-refractivity contribution in [2.45, 2.75) is 26.4 Å². The lowest BCUT2D eigenvalue weighted by Crippen LogP contribution is -2.43. The van der Waals surface area contributed by atoms with E-state index in [1.165, 1.54) is 0 Å². The van der Waals surface area contributed by atoms with Gasteiger partial charge in [0.1, 0.15) is 11.9 Å².